The van der Waals surface area contributed by atoms with Crippen LogP contribution in [0.3, 0.4) is 0 Å². The monoisotopic (exact) mass is 531 g/mol. The summed E-state index contributed by atoms with van der Waals surface area (Å²) in [6.45, 7) is 2.37. The lowest BCUT2D eigenvalue weighted by Gasteiger charge is -2.20. The lowest BCUT2D eigenvalue weighted by atomic mass is 10.2. The molecule has 1 amide bonds. The van der Waals surface area contributed by atoms with Crippen molar-refractivity contribution >= 4 is 33.0 Å². The van der Waals surface area contributed by atoms with E-state index in [1.807, 2.05) is 31.1 Å². The predicted octanol–water partition coefficient (Wildman–Crippen LogP) is 3.34. The van der Waals surface area contributed by atoms with Crippen LogP contribution in [0, 0.1) is 12.8 Å². The summed E-state index contributed by atoms with van der Waals surface area (Å²) in [5, 5.41) is 8.26. The van der Waals surface area contributed by atoms with Gasteiger partial charge in [0.25, 0.3) is 0 Å². The van der Waals surface area contributed by atoms with Crippen molar-refractivity contribution in [3.8, 4) is 0 Å². The Morgan fingerprint density at radius 1 is 1.16 bits per heavy atom. The summed E-state index contributed by atoms with van der Waals surface area (Å²) in [4.78, 5) is 28.3. The Morgan fingerprint density at radius 2 is 1.97 bits per heavy atom. The van der Waals surface area contributed by atoms with E-state index in [-0.39, 0.29) is 28.3 Å². The maximum absolute atomic E-state index is 13.0. The molecule has 2 atom stereocenters. The van der Waals surface area contributed by atoms with Gasteiger partial charge in [-0.1, -0.05) is 6.07 Å². The zero-order chi connectivity index (χ0) is 26.6. The first-order valence-corrected chi connectivity index (χ1v) is 14.2. The zero-order valence-corrected chi connectivity index (χ0v) is 22.0. The second kappa shape index (κ2) is 9.17. The van der Waals surface area contributed by atoms with E-state index in [0.29, 0.717) is 24.7 Å². The van der Waals surface area contributed by atoms with Crippen LogP contribution in [-0.4, -0.2) is 40.7 Å². The summed E-state index contributed by atoms with van der Waals surface area (Å²) in [5.41, 5.74) is 4.80. The Balaban J connectivity index is 1.21. The van der Waals surface area contributed by atoms with Gasteiger partial charge in [0.15, 0.2) is 0 Å². The molecule has 2 fully saturated rings. The van der Waals surface area contributed by atoms with Crippen molar-refractivity contribution < 1.29 is 13.2 Å². The molecule has 0 spiro atoms. The number of carbonyl (C=O) groups is 1. The summed E-state index contributed by atoms with van der Waals surface area (Å²) in [5.74, 6) is 0.590. The van der Waals surface area contributed by atoms with Gasteiger partial charge in [0.2, 0.25) is 15.9 Å². The maximum Gasteiger partial charge on any atom is 0.240 e. The van der Waals surface area contributed by atoms with E-state index in [1.54, 1.807) is 24.4 Å². The quantitative estimate of drug-likeness (QED) is 0.356. The van der Waals surface area contributed by atoms with E-state index in [2.05, 4.69) is 31.9 Å². The van der Waals surface area contributed by atoms with Crippen LogP contribution in [0.2, 0.25) is 0 Å². The fraction of sp³-hybridized carbons (Fsp3) is 0.333. The van der Waals surface area contributed by atoms with Gasteiger partial charge in [0.05, 0.1) is 17.9 Å². The highest BCUT2D eigenvalue weighted by Crippen LogP contribution is 2.47. The average Bonchev–Trinajstić information content (AvgIpc) is 3.79. The number of imidazole rings is 1. The highest BCUT2D eigenvalue weighted by Gasteiger charge is 2.46. The molecule has 0 radical (unpaired) electrons. The maximum atomic E-state index is 13.0. The number of amides is 1. The highest BCUT2D eigenvalue weighted by molar-refractivity contribution is 7.89. The molecule has 3 aromatic heterocycles. The van der Waals surface area contributed by atoms with Crippen molar-refractivity contribution in [2.75, 3.05) is 17.3 Å². The molecular formula is C27H29N7O3S. The molecule has 10 nitrogen and oxygen atoms in total. The van der Waals surface area contributed by atoms with Crippen LogP contribution in [-0.2, 0) is 21.4 Å². The third-order valence-electron chi connectivity index (χ3n) is 7.21. The SMILES string of the molecule is Cc1ccnc(C2CC2C(=O)Nc2cc(N(C)Cc3cn4cc(C5CC5)ccc4n3)ccc2S(N)(=O)=O)n1. The van der Waals surface area contributed by atoms with E-state index < -0.39 is 10.0 Å². The van der Waals surface area contributed by atoms with Crippen molar-refractivity contribution in [1.29, 1.82) is 0 Å². The molecule has 3 heterocycles. The second-order valence-electron chi connectivity index (χ2n) is 10.3. The van der Waals surface area contributed by atoms with Crippen LogP contribution in [0.4, 0.5) is 11.4 Å². The van der Waals surface area contributed by atoms with E-state index >= 15 is 0 Å². The van der Waals surface area contributed by atoms with Crippen LogP contribution >= 0.6 is 0 Å². The molecule has 38 heavy (non-hydrogen) atoms. The third kappa shape index (κ3) is 4.99. The van der Waals surface area contributed by atoms with Crippen LogP contribution in [0.1, 0.15) is 53.9 Å². The number of rotatable bonds is 8. The first-order chi connectivity index (χ1) is 18.2. The number of aromatic nitrogens is 4. The van der Waals surface area contributed by atoms with Gasteiger partial charge in [-0.25, -0.2) is 28.5 Å². The topological polar surface area (TPSA) is 136 Å². The summed E-state index contributed by atoms with van der Waals surface area (Å²) in [6.07, 6.45) is 8.92. The number of fused-ring (bicyclic) bond motifs is 1. The molecule has 11 heteroatoms. The van der Waals surface area contributed by atoms with E-state index in [1.165, 1.54) is 24.5 Å². The fourth-order valence-corrected chi connectivity index (χ4v) is 5.55. The Morgan fingerprint density at radius 3 is 2.71 bits per heavy atom. The van der Waals surface area contributed by atoms with Gasteiger partial charge in [-0.3, -0.25) is 4.79 Å². The zero-order valence-electron chi connectivity index (χ0n) is 21.2. The Labute approximate surface area is 221 Å². The largest absolute Gasteiger partial charge is 0.369 e. The summed E-state index contributed by atoms with van der Waals surface area (Å²) in [6, 6.07) is 10.7. The molecule has 2 unspecified atom stereocenters. The predicted molar refractivity (Wildman–Crippen MR) is 143 cm³/mol. The van der Waals surface area contributed by atoms with Gasteiger partial charge >= 0.3 is 0 Å². The number of anilines is 2. The van der Waals surface area contributed by atoms with Crippen LogP contribution < -0.4 is 15.4 Å². The van der Waals surface area contributed by atoms with Crippen LogP contribution in [0.25, 0.3) is 5.65 Å². The number of nitrogens with zero attached hydrogens (tertiary/aromatic N) is 5. The molecular weight excluding hydrogens is 502 g/mol. The number of aryl methyl sites for hydroxylation is 1. The van der Waals surface area contributed by atoms with Crippen LogP contribution in [0.15, 0.2) is 59.9 Å². The second-order valence-corrected chi connectivity index (χ2v) is 11.8. The normalized spacial score (nSPS) is 18.9. The van der Waals surface area contributed by atoms with Crippen molar-refractivity contribution in [1.82, 2.24) is 19.4 Å². The van der Waals surface area contributed by atoms with Gasteiger partial charge < -0.3 is 14.6 Å². The number of primary sulfonamides is 1. The Bertz CT molecular complexity index is 1660. The minimum atomic E-state index is -4.05. The van der Waals surface area contributed by atoms with Gasteiger partial charge in [0.1, 0.15) is 16.4 Å². The number of pyridine rings is 1. The van der Waals surface area contributed by atoms with Crippen molar-refractivity contribution in [3.63, 3.8) is 0 Å². The molecule has 196 valence electrons. The first kappa shape index (κ1) is 24.5. The number of carbonyl (C=O) groups excluding carboxylic acids is 1. The molecule has 0 aliphatic heterocycles. The van der Waals surface area contributed by atoms with Crippen molar-refractivity contribution in [2.45, 2.75) is 49.5 Å². The van der Waals surface area contributed by atoms with E-state index in [9.17, 15) is 13.2 Å². The summed E-state index contributed by atoms with van der Waals surface area (Å²) >= 11 is 0. The van der Waals surface area contributed by atoms with Gasteiger partial charge in [-0.2, -0.15) is 0 Å². The molecule has 6 rings (SSSR count). The first-order valence-electron chi connectivity index (χ1n) is 12.6. The standard InChI is InChI=1S/C27H29N7O3S/c1-16-9-10-29-26(30-16)21-12-22(21)27(35)32-23-11-20(6-7-24(23)38(28,36)37)33(2)14-19-15-34-13-18(17-3-4-17)5-8-25(34)31-19/h5-11,13,15,17,21-22H,3-4,12,14H2,1-2H3,(H,32,35)(H2,28,36,37). The Hall–Kier alpha value is -3.83. The average molecular weight is 532 g/mol. The fourth-order valence-electron chi connectivity index (χ4n) is 4.87. The number of nitrogens with one attached hydrogen (secondary N) is 1. The number of sulfonamides is 1. The number of hydrogen-bond acceptors (Lipinski definition) is 7. The number of benzene rings is 1. The van der Waals surface area contributed by atoms with Crippen molar-refractivity contribution in [3.05, 3.63) is 77.8 Å². The van der Waals surface area contributed by atoms with Gasteiger partial charge in [-0.15, -0.1) is 0 Å². The highest BCUT2D eigenvalue weighted by atomic mass is 32.2. The molecule has 2 aliphatic rings. The Kier molecular flexibility index (Phi) is 5.92. The third-order valence-corrected chi connectivity index (χ3v) is 8.18. The summed E-state index contributed by atoms with van der Waals surface area (Å²) in [7, 11) is -2.16. The molecule has 2 saturated carbocycles. The lowest BCUT2D eigenvalue weighted by molar-refractivity contribution is -0.117. The van der Waals surface area contributed by atoms with Crippen molar-refractivity contribution in [2.24, 2.45) is 11.1 Å². The molecule has 0 saturated heterocycles. The molecule has 4 aromatic rings. The van der Waals surface area contributed by atoms with E-state index in [4.69, 9.17) is 10.1 Å². The smallest absolute Gasteiger partial charge is 0.240 e. The minimum Gasteiger partial charge on any atom is -0.369 e. The van der Waals surface area contributed by atoms with Gasteiger partial charge in [-0.05, 0) is 68.0 Å². The summed E-state index contributed by atoms with van der Waals surface area (Å²) < 4.78 is 26.6. The molecule has 3 N–H and O–H groups in total. The molecule has 2 aliphatic carbocycles. The number of nitrogens with two attached hydrogens (primary N) is 1. The minimum absolute atomic E-state index is 0.0887. The van der Waals surface area contributed by atoms with Crippen LogP contribution in [0.5, 0.6) is 0 Å². The van der Waals surface area contributed by atoms with E-state index in [0.717, 1.165) is 22.7 Å². The van der Waals surface area contributed by atoms with Gasteiger partial charge in [0, 0.05) is 48.9 Å². The molecule has 0 bridgehead atoms. The molecule has 1 aromatic carbocycles. The number of hydrogen-bond donors (Lipinski definition) is 2. The lowest BCUT2D eigenvalue weighted by Crippen LogP contribution is -2.22.